The minimum absolute atomic E-state index is 0.0585. The van der Waals surface area contributed by atoms with Gasteiger partial charge in [-0.15, -0.1) is 0 Å². The number of aliphatic imine (C=N–C) groups is 1. The Morgan fingerprint density at radius 2 is 1.75 bits per heavy atom. The average Bonchev–Trinajstić information content (AvgIpc) is 2.97. The van der Waals surface area contributed by atoms with Crippen LogP contribution in [0.25, 0.3) is 0 Å². The second kappa shape index (κ2) is 11.5. The zero-order valence-electron chi connectivity index (χ0n) is 20.0. The Morgan fingerprint density at radius 1 is 1.00 bits per heavy atom. The molecule has 3 aromatic carbocycles. The van der Waals surface area contributed by atoms with Crippen LogP contribution in [0.3, 0.4) is 0 Å². The van der Waals surface area contributed by atoms with E-state index in [4.69, 9.17) is 39.8 Å². The second-order valence-electron chi connectivity index (χ2n) is 8.78. The van der Waals surface area contributed by atoms with Crippen molar-refractivity contribution in [2.75, 3.05) is 11.4 Å². The molecule has 2 atom stereocenters. The standard InChI is InChI=1S/C28H26Cl3N3O2/c1-3-17(2)26-28(36)34(16-25(35)32-15-18-7-6-8-19(29)13-18)24-12-11-20(30)14-22(24)27(33-26)21-9-4-5-10-23(21)31/h4-14,17,26H,3,15-16H2,1-2H3,(H,32,35). The minimum atomic E-state index is -0.687. The van der Waals surface area contributed by atoms with E-state index in [1.165, 1.54) is 4.90 Å². The molecule has 2 amide bonds. The molecule has 0 spiro atoms. The Kier molecular flexibility index (Phi) is 8.35. The molecule has 1 N–H and O–H groups in total. The van der Waals surface area contributed by atoms with Crippen LogP contribution >= 0.6 is 34.8 Å². The van der Waals surface area contributed by atoms with Gasteiger partial charge in [-0.3, -0.25) is 14.6 Å². The number of carbonyl (C=O) groups is 2. The van der Waals surface area contributed by atoms with Gasteiger partial charge in [-0.25, -0.2) is 0 Å². The largest absolute Gasteiger partial charge is 0.350 e. The van der Waals surface area contributed by atoms with E-state index in [1.807, 2.05) is 44.2 Å². The summed E-state index contributed by atoms with van der Waals surface area (Å²) in [5.74, 6) is -0.599. The highest BCUT2D eigenvalue weighted by atomic mass is 35.5. The molecule has 1 aliphatic rings. The Balaban J connectivity index is 1.73. The first-order valence-corrected chi connectivity index (χ1v) is 12.9. The van der Waals surface area contributed by atoms with Crippen LogP contribution in [0, 0.1) is 5.92 Å². The number of hydrogen-bond donors (Lipinski definition) is 1. The van der Waals surface area contributed by atoms with Gasteiger partial charge in [-0.1, -0.05) is 85.4 Å². The molecule has 2 unspecified atom stereocenters. The highest BCUT2D eigenvalue weighted by Crippen LogP contribution is 2.34. The number of nitrogens with one attached hydrogen (secondary N) is 1. The summed E-state index contributed by atoms with van der Waals surface area (Å²) in [4.78, 5) is 33.3. The van der Waals surface area contributed by atoms with E-state index in [0.717, 1.165) is 12.0 Å². The van der Waals surface area contributed by atoms with E-state index in [1.54, 1.807) is 36.4 Å². The molecule has 4 rings (SSSR count). The third-order valence-corrected chi connectivity index (χ3v) is 7.08. The maximum absolute atomic E-state index is 13.9. The lowest BCUT2D eigenvalue weighted by Gasteiger charge is -2.26. The SMILES string of the molecule is CCC(C)C1N=C(c2ccccc2Cl)c2cc(Cl)ccc2N(CC(=O)NCc2cccc(Cl)c2)C1=O. The van der Waals surface area contributed by atoms with Crippen molar-refractivity contribution < 1.29 is 9.59 Å². The van der Waals surface area contributed by atoms with Crippen molar-refractivity contribution in [3.63, 3.8) is 0 Å². The summed E-state index contributed by atoms with van der Waals surface area (Å²) in [6.07, 6.45) is 0.738. The van der Waals surface area contributed by atoms with Crippen LogP contribution in [0.15, 0.2) is 71.7 Å². The maximum Gasteiger partial charge on any atom is 0.252 e. The lowest BCUT2D eigenvalue weighted by Crippen LogP contribution is -2.46. The molecular weight excluding hydrogens is 517 g/mol. The van der Waals surface area contributed by atoms with Crippen LogP contribution in [0.4, 0.5) is 5.69 Å². The summed E-state index contributed by atoms with van der Waals surface area (Å²) in [6, 6.07) is 19.2. The average molecular weight is 543 g/mol. The maximum atomic E-state index is 13.9. The molecule has 1 heterocycles. The Morgan fingerprint density at radius 3 is 2.47 bits per heavy atom. The van der Waals surface area contributed by atoms with Crippen molar-refractivity contribution in [1.82, 2.24) is 5.32 Å². The first-order chi connectivity index (χ1) is 17.3. The van der Waals surface area contributed by atoms with E-state index in [-0.39, 0.29) is 24.3 Å². The normalized spacial score (nSPS) is 16.1. The summed E-state index contributed by atoms with van der Waals surface area (Å²) in [5, 5.41) is 4.50. The molecule has 3 aromatic rings. The van der Waals surface area contributed by atoms with Crippen molar-refractivity contribution in [3.05, 3.63) is 98.5 Å². The highest BCUT2D eigenvalue weighted by Gasteiger charge is 2.36. The van der Waals surface area contributed by atoms with Gasteiger partial charge in [0.15, 0.2) is 0 Å². The van der Waals surface area contributed by atoms with Gasteiger partial charge in [0.05, 0.1) is 11.4 Å². The van der Waals surface area contributed by atoms with Gasteiger partial charge >= 0.3 is 0 Å². The zero-order valence-corrected chi connectivity index (χ0v) is 22.2. The van der Waals surface area contributed by atoms with Crippen LogP contribution in [0.5, 0.6) is 0 Å². The number of anilines is 1. The van der Waals surface area contributed by atoms with Gasteiger partial charge in [-0.05, 0) is 47.9 Å². The van der Waals surface area contributed by atoms with Gasteiger partial charge < -0.3 is 10.2 Å². The monoisotopic (exact) mass is 541 g/mol. The summed E-state index contributed by atoms with van der Waals surface area (Å²) in [5.41, 5.74) is 3.37. The van der Waals surface area contributed by atoms with Crippen molar-refractivity contribution in [3.8, 4) is 0 Å². The predicted molar refractivity (Wildman–Crippen MR) is 147 cm³/mol. The quantitative estimate of drug-likeness (QED) is 0.367. The lowest BCUT2D eigenvalue weighted by molar-refractivity contribution is -0.125. The second-order valence-corrected chi connectivity index (χ2v) is 10.1. The van der Waals surface area contributed by atoms with Crippen molar-refractivity contribution in [2.24, 2.45) is 10.9 Å². The Labute approximate surface area is 226 Å². The lowest BCUT2D eigenvalue weighted by atomic mass is 9.97. The number of amides is 2. The van der Waals surface area contributed by atoms with E-state index in [9.17, 15) is 9.59 Å². The number of rotatable bonds is 7. The van der Waals surface area contributed by atoms with E-state index < -0.39 is 6.04 Å². The van der Waals surface area contributed by atoms with Gasteiger partial charge in [0.25, 0.3) is 5.91 Å². The zero-order chi connectivity index (χ0) is 25.8. The fraction of sp³-hybridized carbons (Fsp3) is 0.250. The molecule has 8 heteroatoms. The van der Waals surface area contributed by atoms with E-state index in [2.05, 4.69) is 5.32 Å². The Bertz CT molecular complexity index is 1320. The van der Waals surface area contributed by atoms with E-state index in [0.29, 0.717) is 44.1 Å². The van der Waals surface area contributed by atoms with Gasteiger partial charge in [0, 0.05) is 32.7 Å². The molecule has 0 saturated heterocycles. The van der Waals surface area contributed by atoms with Crippen molar-refractivity contribution >= 4 is 58.0 Å². The van der Waals surface area contributed by atoms with E-state index >= 15 is 0 Å². The minimum Gasteiger partial charge on any atom is -0.350 e. The number of benzene rings is 3. The summed E-state index contributed by atoms with van der Waals surface area (Å²) >= 11 is 19.0. The molecule has 0 fully saturated rings. The molecule has 0 radical (unpaired) electrons. The fourth-order valence-corrected chi connectivity index (χ4v) is 4.76. The van der Waals surface area contributed by atoms with Crippen LogP contribution in [0.1, 0.15) is 37.0 Å². The van der Waals surface area contributed by atoms with Crippen LogP contribution in [-0.2, 0) is 16.1 Å². The number of fused-ring (bicyclic) bond motifs is 1. The molecule has 36 heavy (non-hydrogen) atoms. The molecule has 0 aromatic heterocycles. The number of nitrogens with zero attached hydrogens (tertiary/aromatic N) is 2. The van der Waals surface area contributed by atoms with Gasteiger partial charge in [0.1, 0.15) is 12.6 Å². The number of halogens is 3. The molecule has 186 valence electrons. The molecule has 0 saturated carbocycles. The Hall–Kier alpha value is -2.86. The number of hydrogen-bond acceptors (Lipinski definition) is 3. The summed E-state index contributed by atoms with van der Waals surface area (Å²) in [6.45, 7) is 4.13. The molecule has 1 aliphatic heterocycles. The molecular formula is C28H26Cl3N3O2. The van der Waals surface area contributed by atoms with Crippen molar-refractivity contribution in [1.29, 1.82) is 0 Å². The third kappa shape index (κ3) is 5.75. The van der Waals surface area contributed by atoms with Crippen LogP contribution in [0.2, 0.25) is 15.1 Å². The smallest absolute Gasteiger partial charge is 0.252 e. The van der Waals surface area contributed by atoms with Crippen LogP contribution in [-0.4, -0.2) is 30.1 Å². The van der Waals surface area contributed by atoms with Gasteiger partial charge in [0.2, 0.25) is 5.91 Å². The number of carbonyl (C=O) groups excluding carboxylic acids is 2. The number of benzodiazepines with no additional fused rings is 1. The van der Waals surface area contributed by atoms with Gasteiger partial charge in [-0.2, -0.15) is 0 Å². The van der Waals surface area contributed by atoms with Crippen molar-refractivity contribution in [2.45, 2.75) is 32.9 Å². The topological polar surface area (TPSA) is 61.8 Å². The fourth-order valence-electron chi connectivity index (χ4n) is 4.15. The first kappa shape index (κ1) is 26.2. The predicted octanol–water partition coefficient (Wildman–Crippen LogP) is 6.56. The van der Waals surface area contributed by atoms with Crippen LogP contribution < -0.4 is 10.2 Å². The highest BCUT2D eigenvalue weighted by molar-refractivity contribution is 6.37. The third-order valence-electron chi connectivity index (χ3n) is 6.28. The first-order valence-electron chi connectivity index (χ1n) is 11.7. The summed E-state index contributed by atoms with van der Waals surface area (Å²) in [7, 11) is 0. The summed E-state index contributed by atoms with van der Waals surface area (Å²) < 4.78 is 0. The molecule has 5 nitrogen and oxygen atoms in total. The molecule has 0 bridgehead atoms. The molecule has 0 aliphatic carbocycles.